The number of carboxylic acids is 2. The van der Waals surface area contributed by atoms with E-state index in [1.165, 1.54) is 12.1 Å². The summed E-state index contributed by atoms with van der Waals surface area (Å²) >= 11 is 0. The maximum absolute atomic E-state index is 11.0. The highest BCUT2D eigenvalue weighted by molar-refractivity contribution is 5.87. The Kier molecular flexibility index (Phi) is 3.79. The first kappa shape index (κ1) is 13.7. The van der Waals surface area contributed by atoms with E-state index < -0.39 is 11.9 Å². The Morgan fingerprint density at radius 2 is 1.50 bits per heavy atom. The summed E-state index contributed by atoms with van der Waals surface area (Å²) in [5, 5.41) is 17.8. The van der Waals surface area contributed by atoms with Gasteiger partial charge in [-0.05, 0) is 18.2 Å². The van der Waals surface area contributed by atoms with Gasteiger partial charge < -0.3 is 10.2 Å². The third-order valence-corrected chi connectivity index (χ3v) is 3.05. The second kappa shape index (κ2) is 5.52. The van der Waals surface area contributed by atoms with Crippen molar-refractivity contribution >= 4 is 11.9 Å². The Bertz CT molecular complexity index is 662. The number of carboxylic acid groups (broad SMARTS) is 2. The standard InChI is InChI=1S/C15H13NO4/c1-10-2-5-13(15(19)20)9-16(10)8-11-3-6-12(7-4-11)14(17)18/h2-7,9H,8H2,1H3,(H-,17,18,19,20)/p+1. The highest BCUT2D eigenvalue weighted by Gasteiger charge is 2.13. The molecule has 0 fully saturated rings. The minimum atomic E-state index is -0.972. The van der Waals surface area contributed by atoms with Gasteiger partial charge in [-0.15, -0.1) is 0 Å². The fourth-order valence-corrected chi connectivity index (χ4v) is 1.87. The summed E-state index contributed by atoms with van der Waals surface area (Å²) in [4.78, 5) is 21.7. The fraction of sp³-hybridized carbons (Fsp3) is 0.133. The van der Waals surface area contributed by atoms with E-state index in [1.54, 1.807) is 30.5 Å². The number of hydrogen-bond acceptors (Lipinski definition) is 2. The molecule has 0 saturated carbocycles. The number of aryl methyl sites for hydroxylation is 1. The summed E-state index contributed by atoms with van der Waals surface area (Å²) in [6.45, 7) is 2.38. The molecule has 0 amide bonds. The largest absolute Gasteiger partial charge is 0.478 e. The maximum Gasteiger partial charge on any atom is 0.341 e. The van der Waals surface area contributed by atoms with E-state index in [0.29, 0.717) is 6.54 Å². The van der Waals surface area contributed by atoms with Gasteiger partial charge in [0.2, 0.25) is 0 Å². The van der Waals surface area contributed by atoms with Crippen LogP contribution in [0.25, 0.3) is 0 Å². The first-order chi connectivity index (χ1) is 9.47. The van der Waals surface area contributed by atoms with E-state index in [9.17, 15) is 9.59 Å². The van der Waals surface area contributed by atoms with Crippen LogP contribution in [0.2, 0.25) is 0 Å². The van der Waals surface area contributed by atoms with E-state index in [4.69, 9.17) is 10.2 Å². The molecule has 0 spiro atoms. The van der Waals surface area contributed by atoms with Crippen molar-refractivity contribution in [1.29, 1.82) is 0 Å². The second-order valence-electron chi connectivity index (χ2n) is 4.49. The minimum Gasteiger partial charge on any atom is -0.478 e. The normalized spacial score (nSPS) is 10.2. The predicted octanol–water partition coefficient (Wildman–Crippen LogP) is 1.73. The van der Waals surface area contributed by atoms with Crippen molar-refractivity contribution in [3.63, 3.8) is 0 Å². The molecule has 5 nitrogen and oxygen atoms in total. The molecule has 0 aliphatic heterocycles. The van der Waals surface area contributed by atoms with Crippen LogP contribution in [0, 0.1) is 6.92 Å². The third kappa shape index (κ3) is 3.00. The SMILES string of the molecule is Cc1ccc(C(=O)O)c[n+]1Cc1ccc(C(=O)O)cc1. The highest BCUT2D eigenvalue weighted by Crippen LogP contribution is 2.05. The van der Waals surface area contributed by atoms with Crippen LogP contribution in [-0.2, 0) is 6.54 Å². The molecule has 2 N–H and O–H groups in total. The molecule has 0 radical (unpaired) electrons. The van der Waals surface area contributed by atoms with Crippen LogP contribution in [0.1, 0.15) is 32.0 Å². The number of nitrogens with zero attached hydrogens (tertiary/aromatic N) is 1. The molecule has 0 aliphatic carbocycles. The molecule has 0 saturated heterocycles. The van der Waals surface area contributed by atoms with Crippen LogP contribution in [0.3, 0.4) is 0 Å². The number of aromatic carboxylic acids is 2. The zero-order valence-corrected chi connectivity index (χ0v) is 10.9. The zero-order chi connectivity index (χ0) is 14.7. The Balaban J connectivity index is 2.27. The zero-order valence-electron chi connectivity index (χ0n) is 10.9. The first-order valence-electron chi connectivity index (χ1n) is 6.03. The number of pyridine rings is 1. The number of hydrogen-bond donors (Lipinski definition) is 2. The molecule has 1 aromatic heterocycles. The Morgan fingerprint density at radius 3 is 2.05 bits per heavy atom. The van der Waals surface area contributed by atoms with Crippen LogP contribution < -0.4 is 4.57 Å². The summed E-state index contributed by atoms with van der Waals surface area (Å²) in [6, 6.07) is 9.83. The van der Waals surface area contributed by atoms with E-state index >= 15 is 0 Å². The number of carbonyl (C=O) groups is 2. The molecule has 0 atom stereocenters. The summed E-state index contributed by atoms with van der Waals surface area (Å²) < 4.78 is 1.82. The highest BCUT2D eigenvalue weighted by atomic mass is 16.4. The summed E-state index contributed by atoms with van der Waals surface area (Å²) in [5.74, 6) is -1.94. The van der Waals surface area contributed by atoms with Crippen molar-refractivity contribution in [3.05, 3.63) is 65.0 Å². The predicted molar refractivity (Wildman–Crippen MR) is 70.8 cm³/mol. The minimum absolute atomic E-state index is 0.220. The Hall–Kier alpha value is -2.69. The lowest BCUT2D eigenvalue weighted by Crippen LogP contribution is -2.38. The molecule has 1 aromatic carbocycles. The molecule has 0 aliphatic rings. The van der Waals surface area contributed by atoms with Gasteiger partial charge in [-0.3, -0.25) is 0 Å². The molecule has 20 heavy (non-hydrogen) atoms. The number of benzene rings is 1. The van der Waals surface area contributed by atoms with Gasteiger partial charge in [-0.1, -0.05) is 12.1 Å². The maximum atomic E-state index is 11.0. The molecular weight excluding hydrogens is 258 g/mol. The summed E-state index contributed by atoms with van der Waals surface area (Å²) in [5.41, 5.74) is 2.29. The smallest absolute Gasteiger partial charge is 0.341 e. The lowest BCUT2D eigenvalue weighted by atomic mass is 10.1. The Labute approximate surface area is 115 Å². The first-order valence-corrected chi connectivity index (χ1v) is 6.03. The average Bonchev–Trinajstić information content (AvgIpc) is 2.41. The topological polar surface area (TPSA) is 78.5 Å². The van der Waals surface area contributed by atoms with Gasteiger partial charge in [-0.2, -0.15) is 4.57 Å². The molecule has 5 heteroatoms. The van der Waals surface area contributed by atoms with Gasteiger partial charge >= 0.3 is 11.9 Å². The van der Waals surface area contributed by atoms with Gasteiger partial charge in [0.1, 0.15) is 5.56 Å². The van der Waals surface area contributed by atoms with Gasteiger partial charge in [0.15, 0.2) is 18.4 Å². The van der Waals surface area contributed by atoms with Crippen LogP contribution in [0.4, 0.5) is 0 Å². The number of rotatable bonds is 4. The molecule has 2 aromatic rings. The molecule has 1 heterocycles. The molecular formula is C15H14NO4+. The van der Waals surface area contributed by atoms with Crippen molar-refractivity contribution in [2.45, 2.75) is 13.5 Å². The monoisotopic (exact) mass is 272 g/mol. The summed E-state index contributed by atoms with van der Waals surface area (Å²) in [6.07, 6.45) is 1.57. The van der Waals surface area contributed by atoms with Crippen LogP contribution in [-0.4, -0.2) is 22.2 Å². The number of aromatic nitrogens is 1. The van der Waals surface area contributed by atoms with Gasteiger partial charge in [-0.25, -0.2) is 9.59 Å². The third-order valence-electron chi connectivity index (χ3n) is 3.05. The van der Waals surface area contributed by atoms with Crippen molar-refractivity contribution in [2.24, 2.45) is 0 Å². The lowest BCUT2D eigenvalue weighted by molar-refractivity contribution is -0.694. The van der Waals surface area contributed by atoms with E-state index in [0.717, 1.165) is 11.3 Å². The quantitative estimate of drug-likeness (QED) is 0.831. The van der Waals surface area contributed by atoms with Crippen molar-refractivity contribution < 1.29 is 24.4 Å². The lowest BCUT2D eigenvalue weighted by Gasteiger charge is -2.03. The van der Waals surface area contributed by atoms with Gasteiger partial charge in [0.25, 0.3) is 0 Å². The molecule has 102 valence electrons. The van der Waals surface area contributed by atoms with Crippen LogP contribution >= 0.6 is 0 Å². The van der Waals surface area contributed by atoms with Gasteiger partial charge in [0, 0.05) is 18.6 Å². The average molecular weight is 272 g/mol. The van der Waals surface area contributed by atoms with Crippen molar-refractivity contribution in [1.82, 2.24) is 0 Å². The van der Waals surface area contributed by atoms with E-state index in [1.807, 2.05) is 11.5 Å². The molecule has 2 rings (SSSR count). The molecule has 0 unspecified atom stereocenters. The second-order valence-corrected chi connectivity index (χ2v) is 4.49. The van der Waals surface area contributed by atoms with Crippen LogP contribution in [0.5, 0.6) is 0 Å². The Morgan fingerprint density at radius 1 is 0.950 bits per heavy atom. The fourth-order valence-electron chi connectivity index (χ4n) is 1.87. The molecule has 0 bridgehead atoms. The van der Waals surface area contributed by atoms with Crippen LogP contribution in [0.15, 0.2) is 42.6 Å². The van der Waals surface area contributed by atoms with Crippen molar-refractivity contribution in [3.8, 4) is 0 Å². The van der Waals surface area contributed by atoms with E-state index in [2.05, 4.69) is 0 Å². The van der Waals surface area contributed by atoms with E-state index in [-0.39, 0.29) is 11.1 Å². The summed E-state index contributed by atoms with van der Waals surface area (Å²) in [7, 11) is 0. The van der Waals surface area contributed by atoms with Gasteiger partial charge in [0.05, 0.1) is 5.56 Å². The van der Waals surface area contributed by atoms with Crippen molar-refractivity contribution in [2.75, 3.05) is 0 Å².